The molecule has 2 aliphatic heterocycles. The van der Waals surface area contributed by atoms with Crippen LogP contribution in [0.1, 0.15) is 51.0 Å². The molecular formula is C28H37N5O2. The molecule has 3 aromatic rings. The average molecular weight is 476 g/mol. The Balaban J connectivity index is 1.40. The summed E-state index contributed by atoms with van der Waals surface area (Å²) in [6.45, 7) is 7.75. The number of hydrogen-bond donors (Lipinski definition) is 3. The molecule has 0 atom stereocenters. The lowest BCUT2D eigenvalue weighted by Crippen LogP contribution is -2.42. The molecule has 0 amide bonds. The standard InChI is InChI=1S/C28H37N5O2/c1-28(2,35)22-11-16-33(17-12-22)24-18-21-8-13-29-27(34)25(21)26(31-24)30-23-6-4-19(5-7-23)20-9-14-32(3)15-10-20/h4-8,13,18,20,22,35H,9-12,14-17H2,1-3H3,(H,29,34)(H,30,31). The minimum Gasteiger partial charge on any atom is -0.390 e. The second-order valence-electron chi connectivity index (χ2n) is 10.8. The molecule has 5 rings (SSSR count). The van der Waals surface area contributed by atoms with Crippen LogP contribution in [0.25, 0.3) is 10.8 Å². The topological polar surface area (TPSA) is 84.5 Å². The van der Waals surface area contributed by atoms with Crippen molar-refractivity contribution in [1.29, 1.82) is 0 Å². The van der Waals surface area contributed by atoms with E-state index in [-0.39, 0.29) is 11.5 Å². The first kappa shape index (κ1) is 23.8. The summed E-state index contributed by atoms with van der Waals surface area (Å²) in [5.74, 6) is 2.33. The van der Waals surface area contributed by atoms with Crippen LogP contribution in [0.2, 0.25) is 0 Å². The SMILES string of the molecule is CN1CCC(c2ccc(Nc3nc(N4CCC(C(C)(C)O)CC4)cc4cc[nH]c(=O)c34)cc2)CC1. The van der Waals surface area contributed by atoms with Crippen LogP contribution >= 0.6 is 0 Å². The maximum absolute atomic E-state index is 12.7. The lowest BCUT2D eigenvalue weighted by Gasteiger charge is -2.38. The first-order valence-corrected chi connectivity index (χ1v) is 12.8. The highest BCUT2D eigenvalue weighted by Gasteiger charge is 2.31. The van der Waals surface area contributed by atoms with Crippen LogP contribution < -0.4 is 15.8 Å². The van der Waals surface area contributed by atoms with Gasteiger partial charge in [-0.15, -0.1) is 0 Å². The first-order valence-electron chi connectivity index (χ1n) is 12.8. The molecule has 0 radical (unpaired) electrons. The highest BCUT2D eigenvalue weighted by Crippen LogP contribution is 2.33. The molecule has 2 aliphatic rings. The van der Waals surface area contributed by atoms with E-state index in [4.69, 9.17) is 4.98 Å². The number of nitrogens with one attached hydrogen (secondary N) is 2. The van der Waals surface area contributed by atoms with E-state index >= 15 is 0 Å². The fraction of sp³-hybridized carbons (Fsp3) is 0.500. The Kier molecular flexibility index (Phi) is 6.55. The summed E-state index contributed by atoms with van der Waals surface area (Å²) in [4.78, 5) is 25.1. The number of aliphatic hydroxyl groups is 1. The van der Waals surface area contributed by atoms with Gasteiger partial charge < -0.3 is 25.2 Å². The van der Waals surface area contributed by atoms with Crippen molar-refractivity contribution in [3.05, 3.63) is 58.5 Å². The van der Waals surface area contributed by atoms with Crippen LogP contribution in [-0.2, 0) is 0 Å². The summed E-state index contributed by atoms with van der Waals surface area (Å²) in [5.41, 5.74) is 1.50. The predicted octanol–water partition coefficient (Wildman–Crippen LogP) is 4.46. The molecule has 1 aromatic carbocycles. The minimum absolute atomic E-state index is 0.146. The molecule has 3 N–H and O–H groups in total. The number of benzene rings is 1. The van der Waals surface area contributed by atoms with Crippen molar-refractivity contribution >= 4 is 28.1 Å². The first-order chi connectivity index (χ1) is 16.8. The zero-order valence-electron chi connectivity index (χ0n) is 21.1. The average Bonchev–Trinajstić information content (AvgIpc) is 2.84. The van der Waals surface area contributed by atoms with Gasteiger partial charge in [-0.3, -0.25) is 4.79 Å². The molecule has 2 fully saturated rings. The molecule has 4 heterocycles. The van der Waals surface area contributed by atoms with Gasteiger partial charge in [0.2, 0.25) is 0 Å². The van der Waals surface area contributed by atoms with Gasteiger partial charge in [-0.2, -0.15) is 0 Å². The summed E-state index contributed by atoms with van der Waals surface area (Å²) in [6.07, 6.45) is 5.91. The van der Waals surface area contributed by atoms with Crippen molar-refractivity contribution in [2.75, 3.05) is 43.4 Å². The number of likely N-dealkylation sites (tertiary alicyclic amines) is 1. The second-order valence-corrected chi connectivity index (χ2v) is 10.8. The van der Waals surface area contributed by atoms with Gasteiger partial charge in [-0.1, -0.05) is 12.1 Å². The molecular weight excluding hydrogens is 438 g/mol. The molecule has 7 heteroatoms. The number of nitrogens with zero attached hydrogens (tertiary/aromatic N) is 3. The molecule has 0 spiro atoms. The number of aromatic amines is 1. The van der Waals surface area contributed by atoms with E-state index < -0.39 is 5.60 Å². The van der Waals surface area contributed by atoms with E-state index in [1.54, 1.807) is 6.20 Å². The van der Waals surface area contributed by atoms with Crippen LogP contribution in [0.5, 0.6) is 0 Å². The Morgan fingerprint density at radius 3 is 2.37 bits per heavy atom. The zero-order chi connectivity index (χ0) is 24.6. The van der Waals surface area contributed by atoms with E-state index in [1.807, 2.05) is 26.0 Å². The molecule has 0 unspecified atom stereocenters. The zero-order valence-corrected chi connectivity index (χ0v) is 21.1. The van der Waals surface area contributed by atoms with Gasteiger partial charge in [0.05, 0.1) is 11.0 Å². The largest absolute Gasteiger partial charge is 0.390 e. The number of fused-ring (bicyclic) bond motifs is 1. The Bertz CT molecular complexity index is 1210. The smallest absolute Gasteiger partial charge is 0.259 e. The van der Waals surface area contributed by atoms with Crippen molar-refractivity contribution < 1.29 is 5.11 Å². The summed E-state index contributed by atoms with van der Waals surface area (Å²) in [5, 5.41) is 15.3. The molecule has 186 valence electrons. The van der Waals surface area contributed by atoms with E-state index in [9.17, 15) is 9.90 Å². The number of rotatable bonds is 5. The lowest BCUT2D eigenvalue weighted by atomic mass is 9.83. The molecule has 0 aliphatic carbocycles. The fourth-order valence-electron chi connectivity index (χ4n) is 5.58. The molecule has 2 saturated heterocycles. The third-order valence-corrected chi connectivity index (χ3v) is 7.92. The maximum atomic E-state index is 12.7. The van der Waals surface area contributed by atoms with Crippen LogP contribution in [0.4, 0.5) is 17.3 Å². The Morgan fingerprint density at radius 1 is 1.03 bits per heavy atom. The number of hydrogen-bond acceptors (Lipinski definition) is 6. The number of pyridine rings is 2. The molecule has 35 heavy (non-hydrogen) atoms. The fourth-order valence-corrected chi connectivity index (χ4v) is 5.58. The Morgan fingerprint density at radius 2 is 1.71 bits per heavy atom. The normalized spacial score (nSPS) is 18.8. The third-order valence-electron chi connectivity index (χ3n) is 7.92. The van der Waals surface area contributed by atoms with E-state index in [1.165, 1.54) is 18.4 Å². The number of aromatic nitrogens is 2. The summed E-state index contributed by atoms with van der Waals surface area (Å²) < 4.78 is 0. The number of anilines is 3. The van der Waals surface area contributed by atoms with Crippen LogP contribution in [0, 0.1) is 5.92 Å². The van der Waals surface area contributed by atoms with E-state index in [0.29, 0.717) is 17.1 Å². The maximum Gasteiger partial charge on any atom is 0.259 e. The van der Waals surface area contributed by atoms with Gasteiger partial charge in [0.25, 0.3) is 5.56 Å². The van der Waals surface area contributed by atoms with Gasteiger partial charge in [-0.05, 0) is 107 Å². The molecule has 7 nitrogen and oxygen atoms in total. The van der Waals surface area contributed by atoms with Crippen molar-refractivity contribution in [2.24, 2.45) is 5.92 Å². The minimum atomic E-state index is -0.664. The van der Waals surface area contributed by atoms with Gasteiger partial charge >= 0.3 is 0 Å². The highest BCUT2D eigenvalue weighted by atomic mass is 16.3. The van der Waals surface area contributed by atoms with Crippen LogP contribution in [-0.4, -0.2) is 58.8 Å². The molecule has 0 saturated carbocycles. The van der Waals surface area contributed by atoms with Crippen LogP contribution in [0.15, 0.2) is 47.4 Å². The second kappa shape index (κ2) is 9.63. The molecule has 2 aromatic heterocycles. The van der Waals surface area contributed by atoms with Crippen molar-refractivity contribution in [1.82, 2.24) is 14.9 Å². The summed E-state index contributed by atoms with van der Waals surface area (Å²) >= 11 is 0. The van der Waals surface area contributed by atoms with E-state index in [0.717, 1.165) is 55.9 Å². The van der Waals surface area contributed by atoms with Crippen molar-refractivity contribution in [3.63, 3.8) is 0 Å². The Hall–Kier alpha value is -2.90. The summed E-state index contributed by atoms with van der Waals surface area (Å²) in [6, 6.07) is 12.5. The quantitative estimate of drug-likeness (QED) is 0.505. The number of H-pyrrole nitrogens is 1. The van der Waals surface area contributed by atoms with Gasteiger partial charge in [0.15, 0.2) is 0 Å². The number of piperidine rings is 2. The third kappa shape index (κ3) is 5.21. The van der Waals surface area contributed by atoms with Crippen molar-refractivity contribution in [3.8, 4) is 0 Å². The van der Waals surface area contributed by atoms with Gasteiger partial charge in [-0.25, -0.2) is 4.98 Å². The monoisotopic (exact) mass is 475 g/mol. The predicted molar refractivity (Wildman–Crippen MR) is 143 cm³/mol. The lowest BCUT2D eigenvalue weighted by molar-refractivity contribution is 0.00646. The van der Waals surface area contributed by atoms with Crippen molar-refractivity contribution in [2.45, 2.75) is 51.0 Å². The van der Waals surface area contributed by atoms with Crippen LogP contribution in [0.3, 0.4) is 0 Å². The summed E-state index contributed by atoms with van der Waals surface area (Å²) in [7, 11) is 2.19. The van der Waals surface area contributed by atoms with E-state index in [2.05, 4.69) is 51.4 Å². The Labute approximate surface area is 207 Å². The van der Waals surface area contributed by atoms with Gasteiger partial charge in [0.1, 0.15) is 11.6 Å². The molecule has 0 bridgehead atoms. The highest BCUT2D eigenvalue weighted by molar-refractivity contribution is 5.94. The van der Waals surface area contributed by atoms with Gasteiger partial charge in [0, 0.05) is 25.0 Å².